The highest BCUT2D eigenvalue weighted by Crippen LogP contribution is 2.22. The number of pyridine rings is 1. The number of nitrogens with zero attached hydrogens (tertiary/aromatic N) is 1. The number of rotatable bonds is 3. The molecule has 0 amide bonds. The van der Waals surface area contributed by atoms with Gasteiger partial charge < -0.3 is 9.84 Å². The number of hydrogen-bond donors (Lipinski definition) is 1. The Labute approximate surface area is 98.9 Å². The van der Waals surface area contributed by atoms with Crippen LogP contribution in [-0.2, 0) is 4.79 Å². The summed E-state index contributed by atoms with van der Waals surface area (Å²) in [5.41, 5.74) is 1.96. The lowest BCUT2D eigenvalue weighted by molar-refractivity contribution is -0.144. The molecule has 2 aromatic rings. The van der Waals surface area contributed by atoms with Gasteiger partial charge in [0.15, 0.2) is 6.10 Å². The van der Waals surface area contributed by atoms with E-state index in [1.807, 2.05) is 25.1 Å². The van der Waals surface area contributed by atoms with Crippen molar-refractivity contribution < 1.29 is 14.6 Å². The van der Waals surface area contributed by atoms with Gasteiger partial charge in [-0.05, 0) is 43.7 Å². The van der Waals surface area contributed by atoms with Crippen LogP contribution in [0.1, 0.15) is 12.5 Å². The van der Waals surface area contributed by atoms with Crippen LogP contribution in [0.5, 0.6) is 5.75 Å². The SMILES string of the molecule is Cc1ccnc2ccc(OC(C)C(=O)O)cc12. The molecule has 0 saturated carbocycles. The van der Waals surface area contributed by atoms with Gasteiger partial charge in [0.05, 0.1) is 5.52 Å². The predicted molar refractivity (Wildman–Crippen MR) is 64.2 cm³/mol. The lowest BCUT2D eigenvalue weighted by Crippen LogP contribution is -2.22. The molecule has 1 heterocycles. The second-order valence-electron chi connectivity index (χ2n) is 3.91. The first kappa shape index (κ1) is 11.4. The van der Waals surface area contributed by atoms with E-state index in [0.29, 0.717) is 5.75 Å². The fraction of sp³-hybridized carbons (Fsp3) is 0.231. The number of benzene rings is 1. The van der Waals surface area contributed by atoms with E-state index in [9.17, 15) is 4.79 Å². The van der Waals surface area contributed by atoms with Crippen molar-refractivity contribution in [2.45, 2.75) is 20.0 Å². The first-order valence-electron chi connectivity index (χ1n) is 5.33. The van der Waals surface area contributed by atoms with Crippen LogP contribution >= 0.6 is 0 Å². The number of ether oxygens (including phenoxy) is 1. The summed E-state index contributed by atoms with van der Waals surface area (Å²) in [5.74, 6) is -0.434. The van der Waals surface area contributed by atoms with Crippen molar-refractivity contribution in [3.63, 3.8) is 0 Å². The van der Waals surface area contributed by atoms with E-state index < -0.39 is 12.1 Å². The molecule has 0 aliphatic carbocycles. The molecule has 4 heteroatoms. The van der Waals surface area contributed by atoms with Gasteiger partial charge in [-0.15, -0.1) is 0 Å². The summed E-state index contributed by atoms with van der Waals surface area (Å²) in [6, 6.07) is 7.28. The maximum Gasteiger partial charge on any atom is 0.344 e. The minimum absolute atomic E-state index is 0.545. The molecule has 0 fully saturated rings. The standard InChI is InChI=1S/C13H13NO3/c1-8-5-6-14-12-4-3-10(7-11(8)12)17-9(2)13(15)16/h3-7,9H,1-2H3,(H,15,16). The zero-order valence-corrected chi connectivity index (χ0v) is 9.68. The molecule has 17 heavy (non-hydrogen) atoms. The van der Waals surface area contributed by atoms with Gasteiger partial charge in [-0.3, -0.25) is 4.98 Å². The molecule has 0 spiro atoms. The molecule has 88 valence electrons. The highest BCUT2D eigenvalue weighted by atomic mass is 16.5. The van der Waals surface area contributed by atoms with E-state index >= 15 is 0 Å². The van der Waals surface area contributed by atoms with Gasteiger partial charge in [-0.25, -0.2) is 4.79 Å². The summed E-state index contributed by atoms with van der Waals surface area (Å²) in [4.78, 5) is 14.9. The van der Waals surface area contributed by atoms with Gasteiger partial charge in [-0.1, -0.05) is 0 Å². The highest BCUT2D eigenvalue weighted by molar-refractivity contribution is 5.83. The number of aryl methyl sites for hydroxylation is 1. The Bertz CT molecular complexity index is 566. The number of carboxylic acid groups (broad SMARTS) is 1. The van der Waals surface area contributed by atoms with E-state index in [-0.39, 0.29) is 0 Å². The molecule has 0 bridgehead atoms. The van der Waals surface area contributed by atoms with E-state index in [4.69, 9.17) is 9.84 Å². The predicted octanol–water partition coefficient (Wildman–Crippen LogP) is 2.40. The molecule has 0 radical (unpaired) electrons. The fourth-order valence-corrected chi connectivity index (χ4v) is 1.59. The number of aliphatic carboxylic acids is 1. The third-order valence-corrected chi connectivity index (χ3v) is 2.59. The topological polar surface area (TPSA) is 59.4 Å². The van der Waals surface area contributed by atoms with Gasteiger partial charge in [0.2, 0.25) is 0 Å². The van der Waals surface area contributed by atoms with Crippen LogP contribution in [-0.4, -0.2) is 22.2 Å². The third-order valence-electron chi connectivity index (χ3n) is 2.59. The van der Waals surface area contributed by atoms with Gasteiger partial charge in [0.1, 0.15) is 5.75 Å². The first-order chi connectivity index (χ1) is 8.08. The Kier molecular flexibility index (Phi) is 2.95. The summed E-state index contributed by atoms with van der Waals surface area (Å²) in [7, 11) is 0. The van der Waals surface area contributed by atoms with Crippen molar-refractivity contribution in [1.82, 2.24) is 4.98 Å². The molecule has 1 aromatic carbocycles. The molecule has 0 aliphatic heterocycles. The van der Waals surface area contributed by atoms with Gasteiger partial charge >= 0.3 is 5.97 Å². The van der Waals surface area contributed by atoms with Crippen molar-refractivity contribution in [3.8, 4) is 5.75 Å². The molecule has 4 nitrogen and oxygen atoms in total. The molecule has 1 atom stereocenters. The van der Waals surface area contributed by atoms with E-state index in [0.717, 1.165) is 16.5 Å². The normalized spacial score (nSPS) is 12.4. The fourth-order valence-electron chi connectivity index (χ4n) is 1.59. The maximum atomic E-state index is 10.7. The van der Waals surface area contributed by atoms with E-state index in [2.05, 4.69) is 4.98 Å². The summed E-state index contributed by atoms with van der Waals surface area (Å²) < 4.78 is 5.31. The van der Waals surface area contributed by atoms with Crippen LogP contribution in [0.25, 0.3) is 10.9 Å². The summed E-state index contributed by atoms with van der Waals surface area (Å²) in [5, 5.41) is 9.75. The van der Waals surface area contributed by atoms with Crippen molar-refractivity contribution in [2.75, 3.05) is 0 Å². The molecule has 1 aromatic heterocycles. The molecule has 0 aliphatic rings. The summed E-state index contributed by atoms with van der Waals surface area (Å²) in [6.45, 7) is 3.48. The average Bonchev–Trinajstić information content (AvgIpc) is 2.30. The monoisotopic (exact) mass is 231 g/mol. The lowest BCUT2D eigenvalue weighted by atomic mass is 10.1. The zero-order chi connectivity index (χ0) is 12.4. The number of carbonyl (C=O) groups is 1. The number of hydrogen-bond acceptors (Lipinski definition) is 3. The van der Waals surface area contributed by atoms with E-state index in [1.165, 1.54) is 6.92 Å². The third kappa shape index (κ3) is 2.36. The molecular formula is C13H13NO3. The van der Waals surface area contributed by atoms with Crippen LogP contribution in [0.3, 0.4) is 0 Å². The average molecular weight is 231 g/mol. The van der Waals surface area contributed by atoms with Crippen LogP contribution in [0.15, 0.2) is 30.5 Å². The highest BCUT2D eigenvalue weighted by Gasteiger charge is 2.12. The Balaban J connectivity index is 2.37. The molecule has 2 rings (SSSR count). The molecular weight excluding hydrogens is 218 g/mol. The van der Waals surface area contributed by atoms with Crippen molar-refractivity contribution >= 4 is 16.9 Å². The molecule has 1 N–H and O–H groups in total. The number of aromatic nitrogens is 1. The Morgan fingerprint density at radius 2 is 2.18 bits per heavy atom. The number of fused-ring (bicyclic) bond motifs is 1. The van der Waals surface area contributed by atoms with Gasteiger partial charge in [-0.2, -0.15) is 0 Å². The van der Waals surface area contributed by atoms with Crippen LogP contribution in [0.4, 0.5) is 0 Å². The smallest absolute Gasteiger partial charge is 0.344 e. The quantitative estimate of drug-likeness (QED) is 0.881. The zero-order valence-electron chi connectivity index (χ0n) is 9.68. The molecule has 1 unspecified atom stereocenters. The van der Waals surface area contributed by atoms with Gasteiger partial charge in [0, 0.05) is 11.6 Å². The van der Waals surface area contributed by atoms with Crippen molar-refractivity contribution in [2.24, 2.45) is 0 Å². The number of carboxylic acids is 1. The van der Waals surface area contributed by atoms with Crippen LogP contribution in [0, 0.1) is 6.92 Å². The Morgan fingerprint density at radius 3 is 2.88 bits per heavy atom. The minimum Gasteiger partial charge on any atom is -0.479 e. The molecule has 0 saturated heterocycles. The first-order valence-corrected chi connectivity index (χ1v) is 5.33. The largest absolute Gasteiger partial charge is 0.479 e. The minimum atomic E-state index is -0.979. The van der Waals surface area contributed by atoms with Gasteiger partial charge in [0.25, 0.3) is 0 Å². The summed E-state index contributed by atoms with van der Waals surface area (Å²) >= 11 is 0. The van der Waals surface area contributed by atoms with Crippen molar-refractivity contribution in [3.05, 3.63) is 36.0 Å². The summed E-state index contributed by atoms with van der Waals surface area (Å²) in [6.07, 6.45) is 0.891. The second kappa shape index (κ2) is 4.41. The van der Waals surface area contributed by atoms with Crippen LogP contribution < -0.4 is 4.74 Å². The van der Waals surface area contributed by atoms with Crippen molar-refractivity contribution in [1.29, 1.82) is 0 Å². The second-order valence-corrected chi connectivity index (χ2v) is 3.91. The lowest BCUT2D eigenvalue weighted by Gasteiger charge is -2.11. The van der Waals surface area contributed by atoms with Crippen LogP contribution in [0.2, 0.25) is 0 Å². The Morgan fingerprint density at radius 1 is 1.41 bits per heavy atom. The maximum absolute atomic E-state index is 10.7. The van der Waals surface area contributed by atoms with E-state index in [1.54, 1.807) is 12.3 Å². The Hall–Kier alpha value is -2.10.